The number of rotatable bonds is 5. The molecule has 10 heteroatoms. The summed E-state index contributed by atoms with van der Waals surface area (Å²) in [5.41, 5.74) is 0.997. The Labute approximate surface area is 151 Å². The summed E-state index contributed by atoms with van der Waals surface area (Å²) in [7, 11) is 1.61. The van der Waals surface area contributed by atoms with Crippen LogP contribution in [0, 0.1) is 0 Å². The minimum absolute atomic E-state index is 0. The fourth-order valence-corrected chi connectivity index (χ4v) is 2.71. The van der Waals surface area contributed by atoms with Crippen molar-refractivity contribution in [3.8, 4) is 0 Å². The molecule has 1 unspecified atom stereocenters. The number of alkyl halides is 3. The van der Waals surface area contributed by atoms with Crippen molar-refractivity contribution >= 4 is 18.3 Å². The fourth-order valence-electron chi connectivity index (χ4n) is 2.71. The van der Waals surface area contributed by atoms with Gasteiger partial charge in [0.15, 0.2) is 0 Å². The third-order valence-corrected chi connectivity index (χ3v) is 4.15. The van der Waals surface area contributed by atoms with Crippen LogP contribution in [0.2, 0.25) is 0 Å². The number of nitrogens with one attached hydrogen (secondary N) is 2. The van der Waals surface area contributed by atoms with Crippen LogP contribution in [0.4, 0.5) is 13.2 Å². The molecule has 2 N–H and O–H groups in total. The van der Waals surface area contributed by atoms with Crippen molar-refractivity contribution in [2.75, 3.05) is 32.7 Å². The van der Waals surface area contributed by atoms with Gasteiger partial charge in [0.1, 0.15) is 11.7 Å². The van der Waals surface area contributed by atoms with Crippen molar-refractivity contribution in [3.63, 3.8) is 0 Å². The quantitative estimate of drug-likeness (QED) is 0.809. The zero-order valence-electron chi connectivity index (χ0n) is 14.6. The third kappa shape index (κ3) is 5.58. The number of aryl methyl sites for hydroxylation is 1. The van der Waals surface area contributed by atoms with Crippen molar-refractivity contribution in [2.45, 2.75) is 32.0 Å². The number of amides is 1. The number of aromatic nitrogens is 2. The molecule has 25 heavy (non-hydrogen) atoms. The van der Waals surface area contributed by atoms with Crippen molar-refractivity contribution in [1.82, 2.24) is 25.3 Å². The number of piperazine rings is 1. The molecule has 1 atom stereocenters. The van der Waals surface area contributed by atoms with Crippen molar-refractivity contribution in [3.05, 3.63) is 17.5 Å². The van der Waals surface area contributed by atoms with Gasteiger partial charge in [0.2, 0.25) is 0 Å². The van der Waals surface area contributed by atoms with Crippen LogP contribution in [-0.2, 0) is 7.05 Å². The average Bonchev–Trinajstić information content (AvgIpc) is 2.89. The molecule has 1 aromatic heterocycles. The largest absolute Gasteiger partial charge is 0.405 e. The summed E-state index contributed by atoms with van der Waals surface area (Å²) in [6.07, 6.45) is -4.39. The first-order valence-electron chi connectivity index (χ1n) is 8.03. The van der Waals surface area contributed by atoms with E-state index in [1.807, 2.05) is 13.8 Å². The van der Waals surface area contributed by atoms with Crippen LogP contribution in [-0.4, -0.2) is 65.5 Å². The van der Waals surface area contributed by atoms with Crippen LogP contribution in [0.25, 0.3) is 0 Å². The van der Waals surface area contributed by atoms with Gasteiger partial charge in [-0.25, -0.2) is 0 Å². The molecule has 2 heterocycles. The van der Waals surface area contributed by atoms with Crippen molar-refractivity contribution in [2.24, 2.45) is 7.05 Å². The second-order valence-electron chi connectivity index (χ2n) is 6.29. The van der Waals surface area contributed by atoms with E-state index in [-0.39, 0.29) is 24.0 Å². The molecule has 0 spiro atoms. The maximum absolute atomic E-state index is 13.3. The number of halogens is 4. The number of nitrogens with zero attached hydrogens (tertiary/aromatic N) is 3. The monoisotopic (exact) mass is 383 g/mol. The zero-order chi connectivity index (χ0) is 17.9. The van der Waals surface area contributed by atoms with Gasteiger partial charge in [-0.05, 0) is 12.0 Å². The first-order valence-corrected chi connectivity index (χ1v) is 8.03. The minimum Gasteiger partial charge on any atom is -0.349 e. The van der Waals surface area contributed by atoms with Crippen LogP contribution in [0.15, 0.2) is 6.07 Å². The van der Waals surface area contributed by atoms with Gasteiger partial charge in [-0.15, -0.1) is 12.4 Å². The highest BCUT2D eigenvalue weighted by atomic mass is 35.5. The molecule has 6 nitrogen and oxygen atoms in total. The number of hydrogen-bond acceptors (Lipinski definition) is 4. The summed E-state index contributed by atoms with van der Waals surface area (Å²) in [4.78, 5) is 13.6. The Kier molecular flexibility index (Phi) is 7.70. The second-order valence-corrected chi connectivity index (χ2v) is 6.29. The lowest BCUT2D eigenvalue weighted by molar-refractivity contribution is -0.183. The number of carbonyl (C=O) groups excluding carboxylic acids is 1. The molecule has 2 rings (SSSR count). The topological polar surface area (TPSA) is 62.2 Å². The standard InChI is InChI=1S/C15H24F3N5O.ClH/c1-10(2)11-8-12(22(3)21-11)14(24)20-9-13(15(16,17)18)23-6-4-19-5-7-23;/h8,10,13,19H,4-7,9H2,1-3H3,(H,20,24);1H. The SMILES string of the molecule is CC(C)c1cc(C(=O)NCC(N2CCNCC2)C(F)(F)F)n(C)n1.Cl. The van der Waals surface area contributed by atoms with E-state index in [9.17, 15) is 18.0 Å². The van der Waals surface area contributed by atoms with Crippen LogP contribution >= 0.6 is 12.4 Å². The van der Waals surface area contributed by atoms with Crippen LogP contribution in [0.5, 0.6) is 0 Å². The summed E-state index contributed by atoms with van der Waals surface area (Å²) in [6.45, 7) is 5.05. The summed E-state index contributed by atoms with van der Waals surface area (Å²) in [5.74, 6) is -0.400. The summed E-state index contributed by atoms with van der Waals surface area (Å²) < 4.78 is 41.3. The lowest BCUT2D eigenvalue weighted by Crippen LogP contribution is -2.57. The molecule has 1 aromatic rings. The summed E-state index contributed by atoms with van der Waals surface area (Å²) in [6, 6.07) is -0.0608. The highest BCUT2D eigenvalue weighted by Gasteiger charge is 2.43. The molecule has 144 valence electrons. The summed E-state index contributed by atoms with van der Waals surface area (Å²) >= 11 is 0. The predicted molar refractivity (Wildman–Crippen MR) is 91.2 cm³/mol. The Hall–Kier alpha value is -1.32. The molecule has 1 aliphatic heterocycles. The van der Waals surface area contributed by atoms with E-state index in [2.05, 4.69) is 15.7 Å². The van der Waals surface area contributed by atoms with Gasteiger partial charge >= 0.3 is 6.18 Å². The van der Waals surface area contributed by atoms with E-state index in [0.29, 0.717) is 26.2 Å². The Balaban J connectivity index is 0.00000312. The van der Waals surface area contributed by atoms with E-state index in [1.165, 1.54) is 9.58 Å². The maximum Gasteiger partial charge on any atom is 0.405 e. The smallest absolute Gasteiger partial charge is 0.349 e. The molecule has 1 aliphatic rings. The van der Waals surface area contributed by atoms with Gasteiger partial charge in [0.25, 0.3) is 5.91 Å². The number of hydrogen-bond donors (Lipinski definition) is 2. The van der Waals surface area contributed by atoms with E-state index in [0.717, 1.165) is 5.69 Å². The number of carbonyl (C=O) groups is 1. The van der Waals surface area contributed by atoms with Crippen molar-refractivity contribution in [1.29, 1.82) is 0 Å². The molecule has 1 fully saturated rings. The van der Waals surface area contributed by atoms with Gasteiger partial charge in [-0.3, -0.25) is 14.4 Å². The third-order valence-electron chi connectivity index (χ3n) is 4.15. The van der Waals surface area contributed by atoms with E-state index in [1.54, 1.807) is 13.1 Å². The highest BCUT2D eigenvalue weighted by molar-refractivity contribution is 5.92. The zero-order valence-corrected chi connectivity index (χ0v) is 15.4. The summed E-state index contributed by atoms with van der Waals surface area (Å²) in [5, 5.41) is 9.65. The molecule has 0 radical (unpaired) electrons. The molecular weight excluding hydrogens is 359 g/mol. The molecule has 0 aromatic carbocycles. The van der Waals surface area contributed by atoms with Crippen LogP contribution in [0.1, 0.15) is 35.9 Å². The first kappa shape index (κ1) is 21.7. The molecule has 0 bridgehead atoms. The average molecular weight is 384 g/mol. The van der Waals surface area contributed by atoms with E-state index < -0.39 is 24.7 Å². The first-order chi connectivity index (χ1) is 11.2. The van der Waals surface area contributed by atoms with Gasteiger partial charge in [0, 0.05) is 39.8 Å². The van der Waals surface area contributed by atoms with Crippen LogP contribution < -0.4 is 10.6 Å². The Morgan fingerprint density at radius 3 is 2.44 bits per heavy atom. The van der Waals surface area contributed by atoms with Gasteiger partial charge in [-0.2, -0.15) is 18.3 Å². The molecule has 1 amide bonds. The van der Waals surface area contributed by atoms with Gasteiger partial charge in [0.05, 0.1) is 5.69 Å². The van der Waals surface area contributed by atoms with Crippen LogP contribution in [0.3, 0.4) is 0 Å². The highest BCUT2D eigenvalue weighted by Crippen LogP contribution is 2.25. The van der Waals surface area contributed by atoms with Crippen molar-refractivity contribution < 1.29 is 18.0 Å². The van der Waals surface area contributed by atoms with E-state index >= 15 is 0 Å². The second kappa shape index (κ2) is 8.86. The Bertz CT molecular complexity index is 570. The Morgan fingerprint density at radius 2 is 1.96 bits per heavy atom. The predicted octanol–water partition coefficient (Wildman–Crippen LogP) is 1.53. The maximum atomic E-state index is 13.3. The van der Waals surface area contributed by atoms with Gasteiger partial charge < -0.3 is 10.6 Å². The van der Waals surface area contributed by atoms with Gasteiger partial charge in [-0.1, -0.05) is 13.8 Å². The van der Waals surface area contributed by atoms with E-state index in [4.69, 9.17) is 0 Å². The molecule has 0 aliphatic carbocycles. The minimum atomic E-state index is -4.39. The molecule has 0 saturated carbocycles. The lowest BCUT2D eigenvalue weighted by Gasteiger charge is -2.35. The fraction of sp³-hybridized carbons (Fsp3) is 0.733. The molecular formula is C15H25ClF3N5O. The Morgan fingerprint density at radius 1 is 1.36 bits per heavy atom. The normalized spacial score (nSPS) is 17.2. The molecule has 1 saturated heterocycles. The lowest BCUT2D eigenvalue weighted by atomic mass is 10.1.